The second-order valence-corrected chi connectivity index (χ2v) is 6.65. The van der Waals surface area contributed by atoms with Crippen LogP contribution in [0.15, 0.2) is 53.9 Å². The van der Waals surface area contributed by atoms with E-state index in [1.54, 1.807) is 5.38 Å². The maximum Gasteiger partial charge on any atom is 0.309 e. The Morgan fingerprint density at radius 3 is 2.25 bits per heavy atom. The van der Waals surface area contributed by atoms with Gasteiger partial charge in [-0.2, -0.15) is 0 Å². The van der Waals surface area contributed by atoms with Gasteiger partial charge in [-0.1, -0.05) is 24.3 Å². The Hall–Kier alpha value is -3.06. The first-order valence-corrected chi connectivity index (χ1v) is 9.78. The standard InChI is InChI=1S/C21H21NO5S/c1-2-25-18-9-5-6-10-19(18)27-12-11-26-17-8-4-3-7-16(17)21-22-15(14-28-21)13-20(23)24/h3-10,14H,2,11-13H2,1H3,(H,23,24). The lowest BCUT2D eigenvalue weighted by atomic mass is 10.2. The maximum atomic E-state index is 10.9. The number of aliphatic carboxylic acids is 1. The van der Waals surface area contributed by atoms with Crippen LogP contribution in [-0.4, -0.2) is 35.9 Å². The molecule has 0 aliphatic carbocycles. The number of benzene rings is 2. The monoisotopic (exact) mass is 399 g/mol. The number of carboxylic acid groups (broad SMARTS) is 1. The third-order valence-corrected chi connectivity index (χ3v) is 4.67. The summed E-state index contributed by atoms with van der Waals surface area (Å²) in [5.74, 6) is 1.17. The molecule has 0 saturated carbocycles. The van der Waals surface area contributed by atoms with E-state index in [0.717, 1.165) is 10.6 Å². The summed E-state index contributed by atoms with van der Waals surface area (Å²) in [5, 5.41) is 11.4. The van der Waals surface area contributed by atoms with Crippen molar-refractivity contribution in [2.75, 3.05) is 19.8 Å². The van der Waals surface area contributed by atoms with Crippen molar-refractivity contribution in [2.24, 2.45) is 0 Å². The summed E-state index contributed by atoms with van der Waals surface area (Å²) in [4.78, 5) is 15.3. The van der Waals surface area contributed by atoms with Crippen LogP contribution in [0.3, 0.4) is 0 Å². The molecular weight excluding hydrogens is 378 g/mol. The SMILES string of the molecule is CCOc1ccccc1OCCOc1ccccc1-c1nc(CC(=O)O)cs1. The van der Waals surface area contributed by atoms with E-state index in [2.05, 4.69) is 4.98 Å². The quantitative estimate of drug-likeness (QED) is 0.512. The molecule has 7 heteroatoms. The number of para-hydroxylation sites is 3. The van der Waals surface area contributed by atoms with Gasteiger partial charge in [0.15, 0.2) is 11.5 Å². The van der Waals surface area contributed by atoms with Crippen LogP contribution in [0.5, 0.6) is 17.2 Å². The average Bonchev–Trinajstić information content (AvgIpc) is 3.14. The van der Waals surface area contributed by atoms with Crippen molar-refractivity contribution in [1.29, 1.82) is 0 Å². The Labute approximate surface area is 167 Å². The summed E-state index contributed by atoms with van der Waals surface area (Å²) < 4.78 is 17.2. The Balaban J connectivity index is 1.61. The smallest absolute Gasteiger partial charge is 0.309 e. The van der Waals surface area contributed by atoms with Crippen LogP contribution in [0.1, 0.15) is 12.6 Å². The largest absolute Gasteiger partial charge is 0.490 e. The molecule has 0 radical (unpaired) electrons. The molecule has 0 atom stereocenters. The third-order valence-electron chi connectivity index (χ3n) is 3.75. The number of thiazole rings is 1. The zero-order chi connectivity index (χ0) is 19.8. The van der Waals surface area contributed by atoms with Crippen molar-refractivity contribution >= 4 is 17.3 Å². The summed E-state index contributed by atoms with van der Waals surface area (Å²) in [6.45, 7) is 3.21. The molecule has 146 valence electrons. The van der Waals surface area contributed by atoms with Gasteiger partial charge in [-0.15, -0.1) is 11.3 Å². The van der Waals surface area contributed by atoms with Crippen molar-refractivity contribution < 1.29 is 24.1 Å². The Kier molecular flexibility index (Phi) is 6.86. The second-order valence-electron chi connectivity index (χ2n) is 5.79. The highest BCUT2D eigenvalue weighted by Crippen LogP contribution is 2.32. The Morgan fingerprint density at radius 1 is 0.964 bits per heavy atom. The van der Waals surface area contributed by atoms with Gasteiger partial charge in [0, 0.05) is 5.38 Å². The molecule has 0 aliphatic rings. The zero-order valence-electron chi connectivity index (χ0n) is 15.5. The van der Waals surface area contributed by atoms with E-state index in [0.29, 0.717) is 42.8 Å². The summed E-state index contributed by atoms with van der Waals surface area (Å²) >= 11 is 1.40. The molecule has 3 aromatic rings. The van der Waals surface area contributed by atoms with Crippen molar-refractivity contribution in [2.45, 2.75) is 13.3 Å². The van der Waals surface area contributed by atoms with E-state index < -0.39 is 5.97 Å². The summed E-state index contributed by atoms with van der Waals surface area (Å²) in [6, 6.07) is 15.1. The lowest BCUT2D eigenvalue weighted by Gasteiger charge is -2.13. The first-order chi connectivity index (χ1) is 13.7. The number of carboxylic acids is 1. The maximum absolute atomic E-state index is 10.9. The molecule has 0 unspecified atom stereocenters. The fourth-order valence-corrected chi connectivity index (χ4v) is 3.43. The molecule has 0 aliphatic heterocycles. The zero-order valence-corrected chi connectivity index (χ0v) is 16.3. The minimum Gasteiger partial charge on any atom is -0.490 e. The van der Waals surface area contributed by atoms with Crippen molar-refractivity contribution in [1.82, 2.24) is 4.98 Å². The predicted molar refractivity (Wildman–Crippen MR) is 107 cm³/mol. The molecule has 0 fully saturated rings. The van der Waals surface area contributed by atoms with Crippen LogP contribution in [0.25, 0.3) is 10.6 Å². The number of hydrogen-bond acceptors (Lipinski definition) is 6. The molecule has 1 aromatic heterocycles. The second kappa shape index (κ2) is 9.75. The average molecular weight is 399 g/mol. The van der Waals surface area contributed by atoms with Crippen LogP contribution in [-0.2, 0) is 11.2 Å². The fraction of sp³-hybridized carbons (Fsp3) is 0.238. The van der Waals surface area contributed by atoms with E-state index in [4.69, 9.17) is 19.3 Å². The van der Waals surface area contributed by atoms with Gasteiger partial charge in [0.05, 0.1) is 24.3 Å². The Morgan fingerprint density at radius 2 is 1.57 bits per heavy atom. The predicted octanol–water partition coefficient (Wildman–Crippen LogP) is 4.29. The molecule has 28 heavy (non-hydrogen) atoms. The lowest BCUT2D eigenvalue weighted by molar-refractivity contribution is -0.136. The third kappa shape index (κ3) is 5.23. The minimum atomic E-state index is -0.897. The molecule has 3 rings (SSSR count). The van der Waals surface area contributed by atoms with Crippen molar-refractivity contribution in [3.8, 4) is 27.8 Å². The van der Waals surface area contributed by atoms with E-state index in [1.807, 2.05) is 55.5 Å². The van der Waals surface area contributed by atoms with Gasteiger partial charge < -0.3 is 19.3 Å². The van der Waals surface area contributed by atoms with Crippen molar-refractivity contribution in [3.05, 3.63) is 59.6 Å². The molecule has 1 N–H and O–H groups in total. The Bertz CT molecular complexity index is 924. The van der Waals surface area contributed by atoms with Gasteiger partial charge in [0.2, 0.25) is 0 Å². The van der Waals surface area contributed by atoms with E-state index >= 15 is 0 Å². The lowest BCUT2D eigenvalue weighted by Crippen LogP contribution is -2.10. The van der Waals surface area contributed by atoms with Crippen LogP contribution >= 0.6 is 11.3 Å². The van der Waals surface area contributed by atoms with Crippen LogP contribution in [0.4, 0.5) is 0 Å². The highest BCUT2D eigenvalue weighted by atomic mass is 32.1. The highest BCUT2D eigenvalue weighted by Gasteiger charge is 2.12. The van der Waals surface area contributed by atoms with Gasteiger partial charge >= 0.3 is 5.97 Å². The van der Waals surface area contributed by atoms with Gasteiger partial charge in [0.1, 0.15) is 24.0 Å². The number of nitrogens with zero attached hydrogens (tertiary/aromatic N) is 1. The number of ether oxygens (including phenoxy) is 3. The fourth-order valence-electron chi connectivity index (χ4n) is 2.58. The molecule has 1 heterocycles. The highest BCUT2D eigenvalue weighted by molar-refractivity contribution is 7.13. The van der Waals surface area contributed by atoms with Crippen LogP contribution in [0.2, 0.25) is 0 Å². The van der Waals surface area contributed by atoms with Gasteiger partial charge in [-0.05, 0) is 31.2 Å². The van der Waals surface area contributed by atoms with E-state index in [9.17, 15) is 4.79 Å². The molecule has 0 amide bonds. The number of carbonyl (C=O) groups is 1. The van der Waals surface area contributed by atoms with Gasteiger partial charge in [-0.25, -0.2) is 4.98 Å². The number of aromatic nitrogens is 1. The topological polar surface area (TPSA) is 77.9 Å². The molecule has 6 nitrogen and oxygen atoms in total. The number of hydrogen-bond donors (Lipinski definition) is 1. The first kappa shape index (κ1) is 19.7. The summed E-state index contributed by atoms with van der Waals surface area (Å²) in [5.41, 5.74) is 1.37. The summed E-state index contributed by atoms with van der Waals surface area (Å²) in [6.07, 6.45) is -0.0907. The molecule has 0 spiro atoms. The van der Waals surface area contributed by atoms with E-state index in [-0.39, 0.29) is 6.42 Å². The van der Waals surface area contributed by atoms with Gasteiger partial charge in [-0.3, -0.25) is 4.79 Å². The van der Waals surface area contributed by atoms with E-state index in [1.165, 1.54) is 11.3 Å². The molecule has 0 bridgehead atoms. The summed E-state index contributed by atoms with van der Waals surface area (Å²) in [7, 11) is 0. The van der Waals surface area contributed by atoms with Crippen molar-refractivity contribution in [3.63, 3.8) is 0 Å². The minimum absolute atomic E-state index is 0.0907. The van der Waals surface area contributed by atoms with Crippen LogP contribution < -0.4 is 14.2 Å². The molecule has 0 saturated heterocycles. The van der Waals surface area contributed by atoms with Gasteiger partial charge in [0.25, 0.3) is 0 Å². The molecular formula is C21H21NO5S. The normalized spacial score (nSPS) is 10.5. The number of rotatable bonds is 10. The first-order valence-electron chi connectivity index (χ1n) is 8.90. The molecule has 2 aromatic carbocycles. The van der Waals surface area contributed by atoms with Crippen LogP contribution in [0, 0.1) is 0 Å².